The zero-order valence-corrected chi connectivity index (χ0v) is 21.4. The molecule has 2 aliphatic carbocycles. The van der Waals surface area contributed by atoms with Crippen molar-refractivity contribution in [2.24, 2.45) is 0 Å². The molecule has 8 nitrogen and oxygen atoms in total. The van der Waals surface area contributed by atoms with Crippen LogP contribution < -0.4 is 10.2 Å². The fraction of sp³-hybridized carbons (Fsp3) is 0.393. The summed E-state index contributed by atoms with van der Waals surface area (Å²) in [6, 6.07) is 4.51. The number of fused-ring (bicyclic) bond motifs is 1. The van der Waals surface area contributed by atoms with Crippen molar-refractivity contribution in [3.8, 4) is 11.4 Å². The van der Waals surface area contributed by atoms with E-state index < -0.39 is 11.6 Å². The van der Waals surface area contributed by atoms with Crippen LogP contribution in [0, 0.1) is 11.6 Å². The van der Waals surface area contributed by atoms with E-state index in [1.54, 1.807) is 31.6 Å². The van der Waals surface area contributed by atoms with Crippen LogP contribution in [0.5, 0.6) is 0 Å². The number of pyridine rings is 3. The van der Waals surface area contributed by atoms with Gasteiger partial charge in [0.05, 0.1) is 30.1 Å². The topological polar surface area (TPSA) is 89.0 Å². The molecule has 2 aliphatic rings. The Kier molecular flexibility index (Phi) is 6.57. The number of hydrogen-bond acceptors (Lipinski definition) is 8. The second-order valence-corrected chi connectivity index (χ2v) is 10.0. The van der Waals surface area contributed by atoms with Gasteiger partial charge in [-0.1, -0.05) is 12.8 Å². The van der Waals surface area contributed by atoms with Crippen LogP contribution in [-0.4, -0.2) is 51.2 Å². The highest BCUT2D eigenvalue weighted by Crippen LogP contribution is 2.45. The Labute approximate surface area is 219 Å². The average Bonchev–Trinajstić information content (AvgIpc) is 3.79. The molecule has 2 fully saturated rings. The van der Waals surface area contributed by atoms with Crippen LogP contribution in [0.3, 0.4) is 0 Å². The number of likely N-dealkylation sites (N-methyl/N-ethyl adjacent to an activating group) is 1. The van der Waals surface area contributed by atoms with Crippen LogP contribution in [0.4, 0.5) is 26.2 Å². The van der Waals surface area contributed by atoms with E-state index in [2.05, 4.69) is 32.2 Å². The predicted molar refractivity (Wildman–Crippen MR) is 141 cm³/mol. The van der Waals surface area contributed by atoms with Crippen LogP contribution in [0.2, 0.25) is 0 Å². The first kappa shape index (κ1) is 24.5. The van der Waals surface area contributed by atoms with Crippen LogP contribution in [0.25, 0.3) is 22.3 Å². The Bertz CT molecular complexity index is 1480. The van der Waals surface area contributed by atoms with Gasteiger partial charge < -0.3 is 15.0 Å². The van der Waals surface area contributed by atoms with E-state index in [4.69, 9.17) is 14.7 Å². The van der Waals surface area contributed by atoms with Crippen molar-refractivity contribution in [2.45, 2.75) is 56.6 Å². The van der Waals surface area contributed by atoms with Crippen molar-refractivity contribution in [1.29, 1.82) is 0 Å². The Hall–Kier alpha value is -3.79. The van der Waals surface area contributed by atoms with Gasteiger partial charge in [0.2, 0.25) is 0 Å². The van der Waals surface area contributed by atoms with Gasteiger partial charge in [-0.2, -0.15) is 0 Å². The highest BCUT2D eigenvalue weighted by Gasteiger charge is 2.33. The van der Waals surface area contributed by atoms with Gasteiger partial charge in [0, 0.05) is 43.6 Å². The lowest BCUT2D eigenvalue weighted by Crippen LogP contribution is -2.45. The molecule has 4 aromatic heterocycles. The lowest BCUT2D eigenvalue weighted by Gasteiger charge is -2.38. The van der Waals surface area contributed by atoms with Crippen molar-refractivity contribution in [2.75, 3.05) is 24.4 Å². The minimum absolute atomic E-state index is 0.114. The predicted octanol–water partition coefficient (Wildman–Crippen LogP) is 5.77. The quantitative estimate of drug-likeness (QED) is 0.330. The van der Waals surface area contributed by atoms with E-state index in [-0.39, 0.29) is 18.0 Å². The second-order valence-electron chi connectivity index (χ2n) is 10.0. The molecule has 38 heavy (non-hydrogen) atoms. The maximum atomic E-state index is 14.2. The maximum Gasteiger partial charge on any atom is 0.168 e. The smallest absolute Gasteiger partial charge is 0.168 e. The minimum atomic E-state index is -0.804. The average molecular weight is 518 g/mol. The van der Waals surface area contributed by atoms with Crippen molar-refractivity contribution < 1.29 is 13.5 Å². The molecule has 2 saturated carbocycles. The van der Waals surface area contributed by atoms with Gasteiger partial charge in [0.15, 0.2) is 17.5 Å². The Morgan fingerprint density at radius 2 is 1.84 bits per heavy atom. The highest BCUT2D eigenvalue weighted by atomic mass is 19.1. The standard InChI is InChI=1S/C28H29F2N7O/c1-37(22-5-3-4-6-23(22)38-2)28-25-19(16-7-8-16)14-31-15-21(25)34-26(36-28)17-9-10-32-24(11-17)35-27-20(30)12-18(29)13-33-27/h9-16,22-23H,3-8H2,1-2H3,(H,32,33,35). The number of ether oxygens (including phenoxy) is 1. The summed E-state index contributed by atoms with van der Waals surface area (Å²) in [4.78, 5) is 24.8. The molecule has 0 saturated heterocycles. The summed E-state index contributed by atoms with van der Waals surface area (Å²) in [5.74, 6) is 0.531. The van der Waals surface area contributed by atoms with Crippen molar-refractivity contribution >= 4 is 28.4 Å². The van der Waals surface area contributed by atoms with Crippen LogP contribution in [0.15, 0.2) is 43.0 Å². The number of halogens is 2. The van der Waals surface area contributed by atoms with Gasteiger partial charge in [-0.15, -0.1) is 0 Å². The summed E-state index contributed by atoms with van der Waals surface area (Å²) < 4.78 is 33.3. The maximum absolute atomic E-state index is 14.2. The molecule has 4 aromatic rings. The molecule has 6 rings (SSSR count). The van der Waals surface area contributed by atoms with Gasteiger partial charge in [0.1, 0.15) is 17.5 Å². The number of hydrogen-bond donors (Lipinski definition) is 1. The molecule has 0 radical (unpaired) electrons. The Morgan fingerprint density at radius 1 is 1.00 bits per heavy atom. The molecule has 2 atom stereocenters. The Morgan fingerprint density at radius 3 is 2.63 bits per heavy atom. The lowest BCUT2D eigenvalue weighted by molar-refractivity contribution is 0.0529. The van der Waals surface area contributed by atoms with E-state index in [9.17, 15) is 8.78 Å². The first-order valence-electron chi connectivity index (χ1n) is 13.0. The number of anilines is 3. The van der Waals surface area contributed by atoms with E-state index >= 15 is 0 Å². The van der Waals surface area contributed by atoms with Gasteiger partial charge in [0.25, 0.3) is 0 Å². The third-order valence-electron chi connectivity index (χ3n) is 7.51. The van der Waals surface area contributed by atoms with E-state index in [0.29, 0.717) is 23.1 Å². The summed E-state index contributed by atoms with van der Waals surface area (Å²) in [5, 5.41) is 3.86. The highest BCUT2D eigenvalue weighted by molar-refractivity contribution is 5.94. The second kappa shape index (κ2) is 10.2. The molecule has 0 bridgehead atoms. The molecule has 0 amide bonds. The third-order valence-corrected chi connectivity index (χ3v) is 7.51. The van der Waals surface area contributed by atoms with Crippen molar-refractivity contribution in [3.05, 3.63) is 60.2 Å². The Balaban J connectivity index is 1.43. The van der Waals surface area contributed by atoms with Gasteiger partial charge in [-0.25, -0.2) is 28.7 Å². The van der Waals surface area contributed by atoms with Crippen LogP contribution in [0.1, 0.15) is 50.0 Å². The first-order valence-corrected chi connectivity index (χ1v) is 13.0. The molecule has 4 heterocycles. The zero-order chi connectivity index (χ0) is 26.2. The zero-order valence-electron chi connectivity index (χ0n) is 21.4. The molecule has 0 aromatic carbocycles. The summed E-state index contributed by atoms with van der Waals surface area (Å²) in [5.41, 5.74) is 2.67. The molecule has 2 unspecified atom stereocenters. The fourth-order valence-corrected chi connectivity index (χ4v) is 5.40. The molecule has 10 heteroatoms. The number of methoxy groups -OCH3 is 1. The lowest BCUT2D eigenvalue weighted by atomic mass is 9.91. The molecule has 196 valence electrons. The fourth-order valence-electron chi connectivity index (χ4n) is 5.40. The van der Waals surface area contributed by atoms with Gasteiger partial charge in [-0.3, -0.25) is 4.98 Å². The normalized spacial score (nSPS) is 19.5. The molecule has 0 spiro atoms. The number of nitrogens with zero attached hydrogens (tertiary/aromatic N) is 6. The van der Waals surface area contributed by atoms with Gasteiger partial charge >= 0.3 is 0 Å². The number of rotatable bonds is 7. The van der Waals surface area contributed by atoms with E-state index in [1.165, 1.54) is 5.56 Å². The van der Waals surface area contributed by atoms with Crippen LogP contribution in [-0.2, 0) is 4.74 Å². The third kappa shape index (κ3) is 4.76. The van der Waals surface area contributed by atoms with E-state index in [0.717, 1.165) is 67.5 Å². The summed E-state index contributed by atoms with van der Waals surface area (Å²) in [7, 11) is 3.87. The summed E-state index contributed by atoms with van der Waals surface area (Å²) >= 11 is 0. The monoisotopic (exact) mass is 517 g/mol. The van der Waals surface area contributed by atoms with Crippen LogP contribution >= 0.6 is 0 Å². The number of aromatic nitrogens is 5. The molecule has 1 N–H and O–H groups in total. The van der Waals surface area contributed by atoms with Crippen molar-refractivity contribution in [3.63, 3.8) is 0 Å². The van der Waals surface area contributed by atoms with Gasteiger partial charge in [-0.05, 0) is 49.3 Å². The summed E-state index contributed by atoms with van der Waals surface area (Å²) in [6.45, 7) is 0. The molecular weight excluding hydrogens is 488 g/mol. The van der Waals surface area contributed by atoms with Crippen molar-refractivity contribution in [1.82, 2.24) is 24.9 Å². The SMILES string of the molecule is COC1CCCCC1N(C)c1nc(-c2ccnc(Nc3ncc(F)cc3F)c2)nc2cncc(C3CC3)c12. The molecular formula is C28H29F2N7O. The number of nitrogens with one attached hydrogen (secondary N) is 1. The minimum Gasteiger partial charge on any atom is -0.379 e. The first-order chi connectivity index (χ1) is 18.5. The van der Waals surface area contributed by atoms with E-state index in [1.807, 2.05) is 6.20 Å². The summed E-state index contributed by atoms with van der Waals surface area (Å²) in [6.07, 6.45) is 13.1. The largest absolute Gasteiger partial charge is 0.379 e. The molecule has 0 aliphatic heterocycles.